The van der Waals surface area contributed by atoms with E-state index in [-0.39, 0.29) is 10.8 Å². The first-order chi connectivity index (χ1) is 13.9. The molecule has 0 unspecified atom stereocenters. The van der Waals surface area contributed by atoms with Crippen LogP contribution in [0.5, 0.6) is 0 Å². The Kier molecular flexibility index (Phi) is 6.82. The number of rotatable bonds is 7. The molecule has 0 spiro atoms. The number of nitrogens with one attached hydrogen (secondary N) is 1. The van der Waals surface area contributed by atoms with Crippen molar-refractivity contribution in [2.24, 2.45) is 0 Å². The Bertz CT molecular complexity index is 984. The highest BCUT2D eigenvalue weighted by Crippen LogP contribution is 2.33. The molecule has 156 valence electrons. The lowest BCUT2D eigenvalue weighted by atomic mass is 10.2. The van der Waals surface area contributed by atoms with Crippen LogP contribution in [0.2, 0.25) is 5.02 Å². The van der Waals surface area contributed by atoms with Crippen molar-refractivity contribution in [3.05, 3.63) is 53.1 Å². The van der Waals surface area contributed by atoms with Gasteiger partial charge in [-0.15, -0.1) is 0 Å². The van der Waals surface area contributed by atoms with E-state index in [0.717, 1.165) is 31.6 Å². The summed E-state index contributed by atoms with van der Waals surface area (Å²) >= 11 is 6.16. The zero-order valence-corrected chi connectivity index (χ0v) is 18.3. The molecule has 0 saturated carbocycles. The highest BCUT2D eigenvalue weighted by molar-refractivity contribution is 7.89. The summed E-state index contributed by atoms with van der Waals surface area (Å²) in [7, 11) is -3.64. The van der Waals surface area contributed by atoms with E-state index in [1.54, 1.807) is 56.3 Å². The van der Waals surface area contributed by atoms with Crippen molar-refractivity contribution in [1.82, 2.24) is 4.31 Å². The molecule has 1 amide bonds. The van der Waals surface area contributed by atoms with Crippen molar-refractivity contribution >= 4 is 38.9 Å². The minimum atomic E-state index is -3.64. The third-order valence-corrected chi connectivity index (χ3v) is 7.50. The minimum absolute atomic E-state index is 0.165. The average Bonchev–Trinajstić information content (AvgIpc) is 3.23. The van der Waals surface area contributed by atoms with E-state index in [2.05, 4.69) is 10.2 Å². The normalized spacial score (nSPS) is 14.4. The molecule has 3 rings (SSSR count). The quantitative estimate of drug-likeness (QED) is 0.706. The van der Waals surface area contributed by atoms with Crippen LogP contribution in [0, 0.1) is 0 Å². The van der Waals surface area contributed by atoms with Gasteiger partial charge in [-0.1, -0.05) is 37.6 Å². The predicted octanol–water partition coefficient (Wildman–Crippen LogP) is 4.22. The second kappa shape index (κ2) is 9.15. The Labute approximate surface area is 177 Å². The van der Waals surface area contributed by atoms with Crippen LogP contribution in [-0.4, -0.2) is 44.8 Å². The van der Waals surface area contributed by atoms with Gasteiger partial charge in [0.2, 0.25) is 10.0 Å². The third kappa shape index (κ3) is 4.57. The van der Waals surface area contributed by atoms with Crippen LogP contribution in [0.4, 0.5) is 11.4 Å². The van der Waals surface area contributed by atoms with Gasteiger partial charge < -0.3 is 10.2 Å². The Balaban J connectivity index is 2.02. The van der Waals surface area contributed by atoms with Crippen molar-refractivity contribution in [1.29, 1.82) is 0 Å². The molecule has 6 nitrogen and oxygen atoms in total. The van der Waals surface area contributed by atoms with Crippen molar-refractivity contribution in [2.75, 3.05) is 36.4 Å². The van der Waals surface area contributed by atoms with E-state index in [4.69, 9.17) is 11.6 Å². The molecule has 1 N–H and O–H groups in total. The maximum absolute atomic E-state index is 13.0. The number of carbonyl (C=O) groups is 1. The molecule has 1 fully saturated rings. The number of hydrogen-bond acceptors (Lipinski definition) is 4. The average molecular weight is 436 g/mol. The first-order valence-electron chi connectivity index (χ1n) is 9.83. The summed E-state index contributed by atoms with van der Waals surface area (Å²) in [5.41, 5.74) is 1.64. The maximum Gasteiger partial charge on any atom is 0.257 e. The number of hydrogen-bond donors (Lipinski definition) is 1. The van der Waals surface area contributed by atoms with E-state index in [0.29, 0.717) is 29.4 Å². The fourth-order valence-electron chi connectivity index (χ4n) is 3.56. The van der Waals surface area contributed by atoms with Crippen LogP contribution in [-0.2, 0) is 10.0 Å². The van der Waals surface area contributed by atoms with E-state index in [1.165, 1.54) is 4.31 Å². The Hall–Kier alpha value is -2.09. The molecule has 1 heterocycles. The molecule has 8 heteroatoms. The summed E-state index contributed by atoms with van der Waals surface area (Å²) in [6.07, 6.45) is 2.13. The number of carbonyl (C=O) groups excluding carboxylic acids is 1. The number of anilines is 2. The molecule has 2 aromatic rings. The molecule has 1 aliphatic rings. The zero-order chi connectivity index (χ0) is 21.0. The van der Waals surface area contributed by atoms with Gasteiger partial charge in [-0.2, -0.15) is 4.31 Å². The Morgan fingerprint density at radius 3 is 2.38 bits per heavy atom. The lowest BCUT2D eigenvalue weighted by Gasteiger charge is -2.24. The lowest BCUT2D eigenvalue weighted by Crippen LogP contribution is -2.31. The van der Waals surface area contributed by atoms with Gasteiger partial charge in [0.15, 0.2) is 0 Å². The monoisotopic (exact) mass is 435 g/mol. The Morgan fingerprint density at radius 2 is 1.76 bits per heavy atom. The molecular formula is C21H26ClN3O3S. The van der Waals surface area contributed by atoms with E-state index in [9.17, 15) is 13.2 Å². The maximum atomic E-state index is 13.0. The summed E-state index contributed by atoms with van der Waals surface area (Å²) in [4.78, 5) is 15.2. The highest BCUT2D eigenvalue weighted by Gasteiger charge is 2.25. The van der Waals surface area contributed by atoms with Crippen LogP contribution < -0.4 is 10.2 Å². The van der Waals surface area contributed by atoms with Crippen LogP contribution >= 0.6 is 11.6 Å². The summed E-state index contributed by atoms with van der Waals surface area (Å²) in [5, 5.41) is 3.23. The number of benzene rings is 2. The van der Waals surface area contributed by atoms with Crippen molar-refractivity contribution < 1.29 is 13.2 Å². The molecule has 0 bridgehead atoms. The number of halogens is 1. The molecule has 0 atom stereocenters. The topological polar surface area (TPSA) is 69.7 Å². The van der Waals surface area contributed by atoms with Gasteiger partial charge in [0.25, 0.3) is 5.91 Å². The van der Waals surface area contributed by atoms with Crippen molar-refractivity contribution in [3.8, 4) is 0 Å². The smallest absolute Gasteiger partial charge is 0.257 e. The predicted molar refractivity (Wildman–Crippen MR) is 117 cm³/mol. The standard InChI is InChI=1S/C21H26ClN3O3S/c1-3-25(4-2)29(27,28)16-11-12-20(24-13-7-8-14-24)19(15-16)23-21(26)17-9-5-6-10-18(17)22/h5-6,9-12,15H,3-4,7-8,13-14H2,1-2H3,(H,23,26). The van der Waals surface area contributed by atoms with Crippen LogP contribution in [0.3, 0.4) is 0 Å². The minimum Gasteiger partial charge on any atom is -0.370 e. The first kappa shape index (κ1) is 21.6. The summed E-state index contributed by atoms with van der Waals surface area (Å²) < 4.78 is 27.3. The molecular weight excluding hydrogens is 410 g/mol. The van der Waals surface area contributed by atoms with Gasteiger partial charge in [0.1, 0.15) is 0 Å². The number of sulfonamides is 1. The number of amides is 1. The van der Waals surface area contributed by atoms with Crippen molar-refractivity contribution in [2.45, 2.75) is 31.6 Å². The van der Waals surface area contributed by atoms with E-state index in [1.807, 2.05) is 0 Å². The fourth-order valence-corrected chi connectivity index (χ4v) is 5.26. The van der Waals surface area contributed by atoms with Crippen LogP contribution in [0.15, 0.2) is 47.4 Å². The highest BCUT2D eigenvalue weighted by atomic mass is 35.5. The van der Waals surface area contributed by atoms with Gasteiger partial charge in [-0.25, -0.2) is 8.42 Å². The summed E-state index contributed by atoms with van der Waals surface area (Å²) in [6, 6.07) is 11.7. The molecule has 0 radical (unpaired) electrons. The van der Waals surface area contributed by atoms with Gasteiger partial charge >= 0.3 is 0 Å². The zero-order valence-electron chi connectivity index (χ0n) is 16.7. The second-order valence-electron chi connectivity index (χ2n) is 6.90. The Morgan fingerprint density at radius 1 is 1.10 bits per heavy atom. The molecule has 1 aliphatic heterocycles. The van der Waals surface area contributed by atoms with Gasteiger partial charge in [-0.3, -0.25) is 4.79 Å². The summed E-state index contributed by atoms with van der Waals surface area (Å²) in [6.45, 7) is 6.12. The van der Waals surface area contributed by atoms with Crippen molar-refractivity contribution in [3.63, 3.8) is 0 Å². The molecule has 29 heavy (non-hydrogen) atoms. The lowest BCUT2D eigenvalue weighted by molar-refractivity contribution is 0.102. The number of nitrogens with zero attached hydrogens (tertiary/aromatic N) is 2. The van der Waals surface area contributed by atoms with E-state index >= 15 is 0 Å². The van der Waals surface area contributed by atoms with Gasteiger partial charge in [-0.05, 0) is 43.2 Å². The molecule has 0 aromatic heterocycles. The van der Waals surface area contributed by atoms with E-state index < -0.39 is 10.0 Å². The SMILES string of the molecule is CCN(CC)S(=O)(=O)c1ccc(N2CCCC2)c(NC(=O)c2ccccc2Cl)c1. The molecule has 0 aliphatic carbocycles. The van der Waals surface area contributed by atoms with Crippen LogP contribution in [0.1, 0.15) is 37.0 Å². The first-order valence-corrected chi connectivity index (χ1v) is 11.6. The molecule has 2 aromatic carbocycles. The second-order valence-corrected chi connectivity index (χ2v) is 9.24. The fraction of sp³-hybridized carbons (Fsp3) is 0.381. The third-order valence-electron chi connectivity index (χ3n) is 5.12. The van der Waals surface area contributed by atoms with Gasteiger partial charge in [0.05, 0.1) is 26.9 Å². The van der Waals surface area contributed by atoms with Crippen LogP contribution in [0.25, 0.3) is 0 Å². The summed E-state index contributed by atoms with van der Waals surface area (Å²) in [5.74, 6) is -0.367. The largest absolute Gasteiger partial charge is 0.370 e. The van der Waals surface area contributed by atoms with Gasteiger partial charge in [0, 0.05) is 26.2 Å². The molecule has 1 saturated heterocycles.